The second-order valence-corrected chi connectivity index (χ2v) is 7.89. The lowest BCUT2D eigenvalue weighted by molar-refractivity contribution is 0.200. The van der Waals surface area contributed by atoms with E-state index in [0.29, 0.717) is 5.92 Å². The van der Waals surface area contributed by atoms with Crippen LogP contribution in [0.5, 0.6) is 0 Å². The van der Waals surface area contributed by atoms with Crippen molar-refractivity contribution < 1.29 is 0 Å². The average Bonchev–Trinajstić information content (AvgIpc) is 3.30. The Bertz CT molecular complexity index is 755. The lowest BCUT2D eigenvalue weighted by Gasteiger charge is -2.32. The van der Waals surface area contributed by atoms with Crippen LogP contribution in [-0.2, 0) is 25.9 Å². The molecule has 1 N–H and O–H groups in total. The maximum atomic E-state index is 4.81. The number of fused-ring (bicyclic) bond motifs is 2. The first-order chi connectivity index (χ1) is 12.4. The molecule has 4 nitrogen and oxygen atoms in total. The van der Waals surface area contributed by atoms with Crippen LogP contribution in [0.3, 0.4) is 0 Å². The van der Waals surface area contributed by atoms with Gasteiger partial charge in [0.05, 0.1) is 0 Å². The van der Waals surface area contributed by atoms with Gasteiger partial charge in [-0.05, 0) is 62.7 Å². The number of benzene rings is 1. The topological polar surface area (TPSA) is 33.1 Å². The van der Waals surface area contributed by atoms with Crippen molar-refractivity contribution in [2.24, 2.45) is 0 Å². The minimum Gasteiger partial charge on any atom is -0.384 e. The molecule has 1 fully saturated rings. The molecule has 4 heterocycles. The van der Waals surface area contributed by atoms with E-state index >= 15 is 0 Å². The van der Waals surface area contributed by atoms with Crippen LogP contribution in [-0.4, -0.2) is 34.1 Å². The predicted octanol–water partition coefficient (Wildman–Crippen LogP) is 3.57. The Morgan fingerprint density at radius 2 is 2.00 bits per heavy atom. The minimum absolute atomic E-state index is 0.655. The van der Waals surface area contributed by atoms with Crippen LogP contribution in [0, 0.1) is 0 Å². The molecule has 3 aliphatic heterocycles. The molecule has 25 heavy (non-hydrogen) atoms. The molecule has 0 spiro atoms. The highest BCUT2D eigenvalue weighted by Crippen LogP contribution is 2.32. The Morgan fingerprint density at radius 3 is 2.92 bits per heavy atom. The highest BCUT2D eigenvalue weighted by Gasteiger charge is 2.26. The molecule has 0 unspecified atom stereocenters. The predicted molar refractivity (Wildman–Crippen MR) is 101 cm³/mol. The van der Waals surface area contributed by atoms with E-state index in [1.165, 1.54) is 86.5 Å². The number of piperidine rings is 1. The Labute approximate surface area is 150 Å². The number of likely N-dealkylation sites (tertiary alicyclic amines) is 1. The molecule has 0 amide bonds. The van der Waals surface area contributed by atoms with Gasteiger partial charge < -0.3 is 9.88 Å². The van der Waals surface area contributed by atoms with Crippen molar-refractivity contribution in [1.82, 2.24) is 14.5 Å². The number of nitrogens with one attached hydrogen (secondary N) is 1. The minimum atomic E-state index is 0.655. The van der Waals surface area contributed by atoms with Gasteiger partial charge in [0.25, 0.3) is 0 Å². The molecule has 3 aliphatic rings. The summed E-state index contributed by atoms with van der Waals surface area (Å²) in [6.45, 7) is 5.75. The van der Waals surface area contributed by atoms with Gasteiger partial charge >= 0.3 is 0 Å². The van der Waals surface area contributed by atoms with E-state index < -0.39 is 0 Å². The third kappa shape index (κ3) is 2.86. The summed E-state index contributed by atoms with van der Waals surface area (Å²) in [5, 5.41) is 3.58. The van der Waals surface area contributed by atoms with Crippen LogP contribution in [0.4, 0.5) is 5.69 Å². The van der Waals surface area contributed by atoms with Crippen molar-refractivity contribution in [1.29, 1.82) is 0 Å². The number of hydrogen-bond acceptors (Lipinski definition) is 3. The van der Waals surface area contributed by atoms with Gasteiger partial charge in [0.2, 0.25) is 0 Å². The second kappa shape index (κ2) is 6.49. The number of hydrogen-bond donors (Lipinski definition) is 1. The highest BCUT2D eigenvalue weighted by atomic mass is 15.1. The molecule has 5 rings (SSSR count). The molecule has 0 aliphatic carbocycles. The summed E-state index contributed by atoms with van der Waals surface area (Å²) in [5.74, 6) is 2.03. The van der Waals surface area contributed by atoms with Crippen molar-refractivity contribution in [3.05, 3.63) is 47.0 Å². The zero-order valence-corrected chi connectivity index (χ0v) is 15.0. The highest BCUT2D eigenvalue weighted by molar-refractivity contribution is 5.61. The Balaban J connectivity index is 1.25. The maximum Gasteiger partial charge on any atom is 0.112 e. The number of nitrogens with zero attached hydrogens (tertiary/aromatic N) is 3. The summed E-state index contributed by atoms with van der Waals surface area (Å²) in [4.78, 5) is 7.44. The van der Waals surface area contributed by atoms with Crippen molar-refractivity contribution in [3.63, 3.8) is 0 Å². The van der Waals surface area contributed by atoms with Crippen LogP contribution in [0.15, 0.2) is 24.4 Å². The summed E-state index contributed by atoms with van der Waals surface area (Å²) in [6.07, 6.45) is 9.69. The van der Waals surface area contributed by atoms with Crippen molar-refractivity contribution >= 4 is 5.69 Å². The van der Waals surface area contributed by atoms with Crippen molar-refractivity contribution in [3.8, 4) is 0 Å². The first-order valence-corrected chi connectivity index (χ1v) is 10.00. The fourth-order valence-corrected chi connectivity index (χ4v) is 4.92. The van der Waals surface area contributed by atoms with Gasteiger partial charge in [-0.1, -0.05) is 18.2 Å². The lowest BCUT2D eigenvalue weighted by atomic mass is 9.95. The monoisotopic (exact) mass is 336 g/mol. The third-order valence-electron chi connectivity index (χ3n) is 6.31. The summed E-state index contributed by atoms with van der Waals surface area (Å²) in [6, 6.07) is 6.80. The maximum absolute atomic E-state index is 4.81. The molecule has 0 radical (unpaired) electrons. The standard InChI is InChI=1S/C21H28N4/c1-2-11-25-19(6-1)14-23-21(25)17-8-12-24(13-9-17)15-18-5-3-4-16-7-10-22-20(16)18/h3-5,14,17,22H,1-2,6-13,15H2. The number of rotatable bonds is 3. The van der Waals surface area contributed by atoms with E-state index in [-0.39, 0.29) is 0 Å². The summed E-state index contributed by atoms with van der Waals surface area (Å²) in [7, 11) is 0. The molecule has 132 valence electrons. The van der Waals surface area contributed by atoms with Gasteiger partial charge in [-0.15, -0.1) is 0 Å². The van der Waals surface area contributed by atoms with E-state index in [0.717, 1.165) is 13.1 Å². The first kappa shape index (κ1) is 15.4. The summed E-state index contributed by atoms with van der Waals surface area (Å²) in [5.41, 5.74) is 5.85. The van der Waals surface area contributed by atoms with Gasteiger partial charge in [0.1, 0.15) is 5.82 Å². The number of aromatic nitrogens is 2. The summed E-state index contributed by atoms with van der Waals surface area (Å²) < 4.78 is 2.53. The van der Waals surface area contributed by atoms with E-state index in [4.69, 9.17) is 4.98 Å². The quantitative estimate of drug-likeness (QED) is 0.930. The fraction of sp³-hybridized carbons (Fsp3) is 0.571. The van der Waals surface area contributed by atoms with E-state index in [1.54, 1.807) is 0 Å². The molecule has 0 atom stereocenters. The van der Waals surface area contributed by atoms with Gasteiger partial charge in [-0.3, -0.25) is 4.90 Å². The van der Waals surface area contributed by atoms with Crippen molar-refractivity contribution in [2.75, 3.05) is 25.0 Å². The van der Waals surface area contributed by atoms with E-state index in [1.807, 2.05) is 0 Å². The smallest absolute Gasteiger partial charge is 0.112 e. The van der Waals surface area contributed by atoms with E-state index in [9.17, 15) is 0 Å². The number of aryl methyl sites for hydroxylation is 1. The van der Waals surface area contributed by atoms with Gasteiger partial charge in [0, 0.05) is 43.1 Å². The molecule has 1 aromatic heterocycles. The van der Waals surface area contributed by atoms with Crippen molar-refractivity contribution in [2.45, 2.75) is 57.5 Å². The summed E-state index contributed by atoms with van der Waals surface area (Å²) >= 11 is 0. The molecule has 2 aromatic rings. The van der Waals surface area contributed by atoms with Crippen LogP contribution in [0.1, 0.15) is 54.2 Å². The fourth-order valence-electron chi connectivity index (χ4n) is 4.92. The number of imidazole rings is 1. The van der Waals surface area contributed by atoms with Crippen LogP contribution >= 0.6 is 0 Å². The average molecular weight is 336 g/mol. The van der Waals surface area contributed by atoms with Gasteiger partial charge in [-0.2, -0.15) is 0 Å². The first-order valence-electron chi connectivity index (χ1n) is 10.00. The normalized spacial score (nSPS) is 21.0. The Hall–Kier alpha value is -1.81. The SMILES string of the molecule is c1cc2c(c(CN3CCC(c4ncc5n4CCCC5)CC3)c1)NCC2. The lowest BCUT2D eigenvalue weighted by Crippen LogP contribution is -2.33. The molecule has 1 aromatic carbocycles. The largest absolute Gasteiger partial charge is 0.384 e. The van der Waals surface area contributed by atoms with Crippen LogP contribution in [0.2, 0.25) is 0 Å². The molecular formula is C21H28N4. The molecular weight excluding hydrogens is 308 g/mol. The number of anilines is 1. The Kier molecular flexibility index (Phi) is 4.01. The molecule has 4 heteroatoms. The van der Waals surface area contributed by atoms with E-state index in [2.05, 4.69) is 39.2 Å². The third-order valence-corrected chi connectivity index (χ3v) is 6.31. The van der Waals surface area contributed by atoms with Gasteiger partial charge in [0.15, 0.2) is 0 Å². The van der Waals surface area contributed by atoms with Crippen LogP contribution < -0.4 is 5.32 Å². The Morgan fingerprint density at radius 1 is 1.08 bits per heavy atom. The second-order valence-electron chi connectivity index (χ2n) is 7.89. The number of para-hydroxylation sites is 1. The van der Waals surface area contributed by atoms with Gasteiger partial charge in [-0.25, -0.2) is 4.98 Å². The molecule has 1 saturated heterocycles. The molecule has 0 saturated carbocycles. The zero-order chi connectivity index (χ0) is 16.6. The zero-order valence-electron chi connectivity index (χ0n) is 15.0. The van der Waals surface area contributed by atoms with Crippen LogP contribution in [0.25, 0.3) is 0 Å². The molecule has 0 bridgehead atoms.